The third-order valence-electron chi connectivity index (χ3n) is 3.14. The predicted octanol–water partition coefficient (Wildman–Crippen LogP) is 3.45. The van der Waals surface area contributed by atoms with Gasteiger partial charge in [-0.2, -0.15) is 0 Å². The smallest absolute Gasteiger partial charge is 0.185 e. The summed E-state index contributed by atoms with van der Waals surface area (Å²) in [6.45, 7) is 1.96. The Bertz CT molecular complexity index is 319. The van der Waals surface area contributed by atoms with Gasteiger partial charge in [-0.3, -0.25) is 4.79 Å². The first-order valence-corrected chi connectivity index (χ1v) is 5.37. The van der Waals surface area contributed by atoms with Crippen LogP contribution in [0.25, 0.3) is 0 Å². The van der Waals surface area contributed by atoms with E-state index in [4.69, 9.17) is 4.42 Å². The fourth-order valence-electron chi connectivity index (χ4n) is 2.40. The molecule has 1 aliphatic rings. The molecular weight excluding hydrogens is 176 g/mol. The van der Waals surface area contributed by atoms with Gasteiger partial charge in [0, 0.05) is 0 Å². The van der Waals surface area contributed by atoms with Crippen molar-refractivity contribution in [3.8, 4) is 0 Å². The Kier molecular flexibility index (Phi) is 2.71. The van der Waals surface area contributed by atoms with Gasteiger partial charge in [-0.15, -0.1) is 0 Å². The van der Waals surface area contributed by atoms with Gasteiger partial charge >= 0.3 is 0 Å². The summed E-state index contributed by atoms with van der Waals surface area (Å²) >= 11 is 0. The molecule has 0 N–H and O–H groups in total. The van der Waals surface area contributed by atoms with Gasteiger partial charge < -0.3 is 4.42 Å². The number of hydrogen-bond donors (Lipinski definition) is 0. The molecule has 0 amide bonds. The molecule has 2 heteroatoms. The molecule has 76 valence electrons. The number of furan rings is 1. The zero-order valence-electron chi connectivity index (χ0n) is 8.58. The van der Waals surface area contributed by atoms with Gasteiger partial charge in [-0.25, -0.2) is 0 Å². The third-order valence-corrected chi connectivity index (χ3v) is 3.14. The van der Waals surface area contributed by atoms with Crippen molar-refractivity contribution in [1.82, 2.24) is 0 Å². The average Bonchev–Trinajstić information content (AvgIpc) is 2.61. The Morgan fingerprint density at radius 3 is 2.64 bits per heavy atom. The second kappa shape index (κ2) is 3.99. The van der Waals surface area contributed by atoms with E-state index in [1.54, 1.807) is 0 Å². The van der Waals surface area contributed by atoms with E-state index in [-0.39, 0.29) is 0 Å². The highest BCUT2D eigenvalue weighted by atomic mass is 16.3. The maximum absolute atomic E-state index is 10.6. The Morgan fingerprint density at radius 2 is 2.07 bits per heavy atom. The van der Waals surface area contributed by atoms with Crippen LogP contribution in [0.5, 0.6) is 0 Å². The third kappa shape index (κ3) is 1.74. The summed E-state index contributed by atoms with van der Waals surface area (Å²) in [5.74, 6) is 2.03. The molecule has 14 heavy (non-hydrogen) atoms. The normalized spacial score (nSPS) is 18.4. The van der Waals surface area contributed by atoms with Gasteiger partial charge in [0.05, 0.1) is 0 Å². The number of hydrogen-bond acceptors (Lipinski definition) is 2. The van der Waals surface area contributed by atoms with Gasteiger partial charge in [0.15, 0.2) is 12.0 Å². The van der Waals surface area contributed by atoms with Gasteiger partial charge in [0.25, 0.3) is 0 Å². The summed E-state index contributed by atoms with van der Waals surface area (Å²) in [6, 6.07) is 1.92. The first-order valence-electron chi connectivity index (χ1n) is 5.37. The molecule has 0 bridgehead atoms. The number of aryl methyl sites for hydroxylation is 1. The molecule has 0 unspecified atom stereocenters. The van der Waals surface area contributed by atoms with Crippen molar-refractivity contribution < 1.29 is 9.21 Å². The Labute approximate surface area is 84.3 Å². The van der Waals surface area contributed by atoms with E-state index in [2.05, 4.69) is 0 Å². The number of carbonyl (C=O) groups is 1. The van der Waals surface area contributed by atoms with Crippen LogP contribution in [0, 0.1) is 6.92 Å². The monoisotopic (exact) mass is 192 g/mol. The first-order chi connectivity index (χ1) is 6.81. The molecule has 0 saturated heterocycles. The van der Waals surface area contributed by atoms with Crippen LogP contribution in [-0.2, 0) is 0 Å². The van der Waals surface area contributed by atoms with Crippen molar-refractivity contribution in [3.63, 3.8) is 0 Å². The predicted molar refractivity (Wildman–Crippen MR) is 54.7 cm³/mol. The Balaban J connectivity index is 2.20. The summed E-state index contributed by atoms with van der Waals surface area (Å²) in [5, 5.41) is 0. The molecule has 1 aliphatic carbocycles. The lowest BCUT2D eigenvalue weighted by Gasteiger charge is -2.20. The summed E-state index contributed by atoms with van der Waals surface area (Å²) in [6.07, 6.45) is 7.27. The standard InChI is InChI=1S/C12H16O2/c1-9-12(7-11(8-13)14-9)10-5-3-2-4-6-10/h7-8,10H,2-6H2,1H3. The van der Waals surface area contributed by atoms with Crippen molar-refractivity contribution in [2.45, 2.75) is 44.9 Å². The van der Waals surface area contributed by atoms with Crippen LogP contribution >= 0.6 is 0 Å². The molecule has 1 aromatic rings. The molecule has 1 aromatic heterocycles. The summed E-state index contributed by atoms with van der Waals surface area (Å²) in [7, 11) is 0. The lowest BCUT2D eigenvalue weighted by molar-refractivity contribution is 0.109. The fourth-order valence-corrected chi connectivity index (χ4v) is 2.40. The van der Waals surface area contributed by atoms with E-state index in [0.29, 0.717) is 11.7 Å². The molecule has 2 rings (SSSR count). The zero-order valence-corrected chi connectivity index (χ0v) is 8.58. The van der Waals surface area contributed by atoms with E-state index < -0.39 is 0 Å². The minimum absolute atomic E-state index is 0.475. The van der Waals surface area contributed by atoms with Gasteiger partial charge in [0.2, 0.25) is 0 Å². The van der Waals surface area contributed by atoms with E-state index in [1.807, 2.05) is 13.0 Å². The molecular formula is C12H16O2. The SMILES string of the molecule is Cc1oc(C=O)cc1C1CCCCC1. The highest BCUT2D eigenvalue weighted by Crippen LogP contribution is 2.35. The van der Waals surface area contributed by atoms with E-state index >= 15 is 0 Å². The lowest BCUT2D eigenvalue weighted by Crippen LogP contribution is -2.04. The van der Waals surface area contributed by atoms with Gasteiger partial charge in [-0.05, 0) is 37.3 Å². The number of aldehydes is 1. The number of rotatable bonds is 2. The molecule has 1 saturated carbocycles. The molecule has 0 spiro atoms. The van der Waals surface area contributed by atoms with Crippen LogP contribution in [-0.4, -0.2) is 6.29 Å². The van der Waals surface area contributed by atoms with E-state index in [0.717, 1.165) is 12.0 Å². The minimum atomic E-state index is 0.475. The second-order valence-electron chi connectivity index (χ2n) is 4.11. The lowest BCUT2D eigenvalue weighted by atomic mass is 9.84. The molecule has 1 heterocycles. The van der Waals surface area contributed by atoms with Crippen molar-refractivity contribution in [3.05, 3.63) is 23.2 Å². The van der Waals surface area contributed by atoms with Crippen molar-refractivity contribution in [2.24, 2.45) is 0 Å². The zero-order chi connectivity index (χ0) is 9.97. The Morgan fingerprint density at radius 1 is 1.36 bits per heavy atom. The summed E-state index contributed by atoms with van der Waals surface area (Å²) < 4.78 is 5.35. The highest BCUT2D eigenvalue weighted by molar-refractivity contribution is 5.71. The van der Waals surface area contributed by atoms with Crippen LogP contribution in [0.1, 0.15) is 59.9 Å². The first kappa shape index (κ1) is 9.50. The van der Waals surface area contributed by atoms with Gasteiger partial charge in [-0.1, -0.05) is 19.3 Å². The van der Waals surface area contributed by atoms with Crippen LogP contribution in [0.3, 0.4) is 0 Å². The molecule has 0 radical (unpaired) electrons. The molecule has 0 aliphatic heterocycles. The van der Waals surface area contributed by atoms with Crippen molar-refractivity contribution in [1.29, 1.82) is 0 Å². The van der Waals surface area contributed by atoms with Gasteiger partial charge in [0.1, 0.15) is 5.76 Å². The summed E-state index contributed by atoms with van der Waals surface area (Å²) in [5.41, 5.74) is 1.26. The summed E-state index contributed by atoms with van der Waals surface area (Å²) in [4.78, 5) is 10.6. The highest BCUT2D eigenvalue weighted by Gasteiger charge is 2.20. The van der Waals surface area contributed by atoms with E-state index in [9.17, 15) is 4.79 Å². The Hall–Kier alpha value is -1.05. The largest absolute Gasteiger partial charge is 0.458 e. The maximum atomic E-state index is 10.6. The molecule has 0 aromatic carbocycles. The van der Waals surface area contributed by atoms with Crippen molar-refractivity contribution in [2.75, 3.05) is 0 Å². The van der Waals surface area contributed by atoms with Crippen LogP contribution in [0.4, 0.5) is 0 Å². The minimum Gasteiger partial charge on any atom is -0.458 e. The average molecular weight is 192 g/mol. The van der Waals surface area contributed by atoms with E-state index in [1.165, 1.54) is 37.7 Å². The molecule has 2 nitrogen and oxygen atoms in total. The topological polar surface area (TPSA) is 30.2 Å². The number of carbonyl (C=O) groups excluding carboxylic acids is 1. The fraction of sp³-hybridized carbons (Fsp3) is 0.583. The quantitative estimate of drug-likeness (QED) is 0.672. The maximum Gasteiger partial charge on any atom is 0.185 e. The van der Waals surface area contributed by atoms with Crippen LogP contribution in [0.15, 0.2) is 10.5 Å². The van der Waals surface area contributed by atoms with Crippen LogP contribution < -0.4 is 0 Å². The molecule has 0 atom stereocenters. The van der Waals surface area contributed by atoms with Crippen molar-refractivity contribution >= 4 is 6.29 Å². The molecule has 1 fully saturated rings. The van der Waals surface area contributed by atoms with Crippen LogP contribution in [0.2, 0.25) is 0 Å². The second-order valence-corrected chi connectivity index (χ2v) is 4.11.